The molecule has 1 heterocycles. The molecule has 0 bridgehead atoms. The number of carboxylic acid groups (broad SMARTS) is 2. The van der Waals surface area contributed by atoms with E-state index in [-0.39, 0.29) is 72.1 Å². The maximum atomic E-state index is 14.0. The lowest BCUT2D eigenvalue weighted by Crippen LogP contribution is -2.73. The summed E-state index contributed by atoms with van der Waals surface area (Å²) in [5.74, 6) is -5.02. The van der Waals surface area contributed by atoms with Crippen LogP contribution in [0.15, 0.2) is 23.3 Å². The number of nitrogens with two attached hydrogens (primary N) is 1. The van der Waals surface area contributed by atoms with Crippen LogP contribution in [0.2, 0.25) is 0 Å². The van der Waals surface area contributed by atoms with Crippen molar-refractivity contribution in [2.45, 2.75) is 114 Å². The molecule has 5 rings (SSSR count). The topological polar surface area (TPSA) is 263 Å². The summed E-state index contributed by atoms with van der Waals surface area (Å²) < 4.78 is 5.88. The van der Waals surface area contributed by atoms with E-state index in [1.54, 1.807) is 6.92 Å². The standard InChI is InChI=1S/C38H55N3O12S/c1-18-13-27(53-35(51)21(18)16-42)19(2)22-5-6-23-20-14-30(38(52)29(44)9-8-28(43)37(38,4)24(20)11-12-36(22,23)3)54-17-26(33(48)40-15-32(46)47)41-31(45)10-7-25(39)34(49)50/h8-9,19-20,22-27,29-30,42,44,52H,5-7,10-17,39H2,1-4H3,(H,40,48)(H,41,45)(H,46,47)(H,49,50)/t19-,20?,22+,23?,24?,25+,26-,27+,29-,30-,36+,37-,38+/m0/s1. The fourth-order valence-corrected chi connectivity index (χ4v) is 12.5. The molecule has 54 heavy (non-hydrogen) atoms. The molecule has 4 aliphatic carbocycles. The number of rotatable bonds is 14. The smallest absolute Gasteiger partial charge is 0.336 e. The molecule has 0 radical (unpaired) electrons. The Morgan fingerprint density at radius 2 is 1.81 bits per heavy atom. The number of hydrogen-bond donors (Lipinski definition) is 8. The van der Waals surface area contributed by atoms with Crippen LogP contribution >= 0.6 is 11.8 Å². The van der Waals surface area contributed by atoms with E-state index in [0.717, 1.165) is 36.6 Å². The molecule has 0 aromatic carbocycles. The van der Waals surface area contributed by atoms with E-state index >= 15 is 0 Å². The van der Waals surface area contributed by atoms with Crippen molar-refractivity contribution in [3.8, 4) is 0 Å². The second kappa shape index (κ2) is 16.0. The summed E-state index contributed by atoms with van der Waals surface area (Å²) in [5.41, 5.74) is 3.16. The number of hydrogen-bond acceptors (Lipinski definition) is 12. The van der Waals surface area contributed by atoms with Gasteiger partial charge in [0.2, 0.25) is 11.8 Å². The number of esters is 1. The molecule has 0 aromatic heterocycles. The minimum atomic E-state index is -1.94. The number of nitrogens with one attached hydrogen (secondary N) is 2. The molecule has 5 aliphatic rings. The molecular formula is C38H55N3O12S. The molecule has 0 spiro atoms. The SMILES string of the molecule is CC1=C(CO)C(=O)O[C@@H]([C@@H](C)[C@H]2CCC3C4C[C@H](SC[C@H](NC(=O)CC[C@@H](N)C(=O)O)C(=O)NCC(=O)O)[C@]5(O)[C@@H](O)C=CC(=O)[C@]5(C)C4CC[C@@]32C)C1. The molecule has 9 N–H and O–H groups in total. The maximum Gasteiger partial charge on any atom is 0.336 e. The van der Waals surface area contributed by atoms with Crippen LogP contribution in [0.5, 0.6) is 0 Å². The van der Waals surface area contributed by atoms with Crippen molar-refractivity contribution in [2.75, 3.05) is 18.9 Å². The molecule has 13 atom stereocenters. The molecular weight excluding hydrogens is 722 g/mol. The van der Waals surface area contributed by atoms with Crippen LogP contribution in [0.25, 0.3) is 0 Å². The molecule has 3 unspecified atom stereocenters. The van der Waals surface area contributed by atoms with Gasteiger partial charge in [-0.1, -0.05) is 19.4 Å². The first kappa shape index (κ1) is 41.8. The van der Waals surface area contributed by atoms with Gasteiger partial charge < -0.3 is 46.6 Å². The summed E-state index contributed by atoms with van der Waals surface area (Å²) in [6.07, 6.45) is 4.41. The average molecular weight is 778 g/mol. The highest BCUT2D eigenvalue weighted by molar-refractivity contribution is 8.00. The number of ether oxygens (including phenoxy) is 1. The third-order valence-corrected chi connectivity index (χ3v) is 15.4. The van der Waals surface area contributed by atoms with Gasteiger partial charge in [0.1, 0.15) is 36.4 Å². The first-order valence-electron chi connectivity index (χ1n) is 18.8. The second-order valence-corrected chi connectivity index (χ2v) is 17.7. The monoisotopic (exact) mass is 777 g/mol. The largest absolute Gasteiger partial charge is 0.480 e. The normalized spacial score (nSPS) is 37.6. The fourth-order valence-electron chi connectivity index (χ4n) is 10.8. The van der Waals surface area contributed by atoms with Crippen molar-refractivity contribution in [1.82, 2.24) is 10.6 Å². The highest BCUT2D eigenvalue weighted by atomic mass is 32.2. The Bertz CT molecular complexity index is 1600. The predicted molar refractivity (Wildman–Crippen MR) is 195 cm³/mol. The lowest BCUT2D eigenvalue weighted by molar-refractivity contribution is -0.214. The zero-order chi connectivity index (χ0) is 39.9. The minimum Gasteiger partial charge on any atom is -0.480 e. The van der Waals surface area contributed by atoms with Gasteiger partial charge in [-0.2, -0.15) is 11.8 Å². The maximum absolute atomic E-state index is 14.0. The third-order valence-electron chi connectivity index (χ3n) is 13.9. The van der Waals surface area contributed by atoms with Gasteiger partial charge in [0.15, 0.2) is 5.78 Å². The number of allylic oxidation sites excluding steroid dienone is 1. The van der Waals surface area contributed by atoms with E-state index < -0.39 is 70.7 Å². The summed E-state index contributed by atoms with van der Waals surface area (Å²) in [7, 11) is 0. The first-order valence-corrected chi connectivity index (χ1v) is 19.9. The van der Waals surface area contributed by atoms with Crippen molar-refractivity contribution in [1.29, 1.82) is 0 Å². The Balaban J connectivity index is 1.42. The van der Waals surface area contributed by atoms with Crippen molar-refractivity contribution < 1.29 is 59.0 Å². The minimum absolute atomic E-state index is 0.0109. The van der Waals surface area contributed by atoms with Gasteiger partial charge >= 0.3 is 17.9 Å². The summed E-state index contributed by atoms with van der Waals surface area (Å²) in [6, 6.07) is -2.60. The number of aliphatic hydroxyl groups excluding tert-OH is 2. The lowest BCUT2D eigenvalue weighted by Gasteiger charge is -2.64. The van der Waals surface area contributed by atoms with Gasteiger partial charge in [-0.3, -0.25) is 24.0 Å². The predicted octanol–water partition coefficient (Wildman–Crippen LogP) is 0.926. The Kier molecular flexibility index (Phi) is 12.4. The van der Waals surface area contributed by atoms with Crippen LogP contribution in [0.4, 0.5) is 0 Å². The average Bonchev–Trinajstić information content (AvgIpc) is 3.47. The molecule has 3 saturated carbocycles. The number of aliphatic hydroxyl groups is 3. The molecule has 2 amide bonds. The Labute approximate surface area is 318 Å². The summed E-state index contributed by atoms with van der Waals surface area (Å²) >= 11 is 1.13. The first-order chi connectivity index (χ1) is 25.3. The van der Waals surface area contributed by atoms with Crippen LogP contribution in [0.3, 0.4) is 0 Å². The Morgan fingerprint density at radius 3 is 2.44 bits per heavy atom. The van der Waals surface area contributed by atoms with Crippen molar-refractivity contribution >= 4 is 47.3 Å². The van der Waals surface area contributed by atoms with Crippen molar-refractivity contribution in [2.24, 2.45) is 46.2 Å². The van der Waals surface area contributed by atoms with Crippen molar-refractivity contribution in [3.05, 3.63) is 23.3 Å². The van der Waals surface area contributed by atoms with Crippen LogP contribution in [0.1, 0.15) is 79.1 Å². The zero-order valence-corrected chi connectivity index (χ0v) is 32.1. The number of thioether (sulfide) groups is 1. The molecule has 1 aliphatic heterocycles. The van der Waals surface area contributed by atoms with Gasteiger partial charge in [-0.05, 0) is 99.5 Å². The van der Waals surface area contributed by atoms with Gasteiger partial charge in [0, 0.05) is 23.8 Å². The van der Waals surface area contributed by atoms with Crippen LogP contribution < -0.4 is 16.4 Å². The summed E-state index contributed by atoms with van der Waals surface area (Å²) in [5, 5.41) is 56.1. The Hall–Kier alpha value is -3.31. The molecule has 0 aromatic rings. The lowest BCUT2D eigenvalue weighted by atomic mass is 9.43. The van der Waals surface area contributed by atoms with E-state index in [0.29, 0.717) is 24.8 Å². The van der Waals surface area contributed by atoms with E-state index in [1.165, 1.54) is 12.2 Å². The summed E-state index contributed by atoms with van der Waals surface area (Å²) in [6.45, 7) is 6.88. The quantitative estimate of drug-likeness (QED) is 0.114. The molecule has 15 nitrogen and oxygen atoms in total. The van der Waals surface area contributed by atoms with E-state index in [9.17, 15) is 49.2 Å². The van der Waals surface area contributed by atoms with E-state index in [2.05, 4.69) is 24.5 Å². The summed E-state index contributed by atoms with van der Waals surface area (Å²) in [4.78, 5) is 75.3. The number of amides is 2. The number of carbonyl (C=O) groups excluding carboxylic acids is 4. The molecule has 16 heteroatoms. The van der Waals surface area contributed by atoms with Gasteiger partial charge in [0.05, 0.1) is 17.6 Å². The number of ketones is 1. The number of aliphatic carboxylic acids is 2. The molecule has 300 valence electrons. The molecule has 3 fully saturated rings. The number of carboxylic acids is 2. The number of carbonyl (C=O) groups is 6. The van der Waals surface area contributed by atoms with Gasteiger partial charge in [-0.15, -0.1) is 0 Å². The van der Waals surface area contributed by atoms with Crippen LogP contribution in [-0.4, -0.2) is 115 Å². The number of cyclic esters (lactones) is 1. The second-order valence-electron chi connectivity index (χ2n) is 16.5. The van der Waals surface area contributed by atoms with E-state index in [1.807, 2.05) is 6.92 Å². The number of fused-ring (bicyclic) bond motifs is 5. The molecule has 0 saturated heterocycles. The highest BCUT2D eigenvalue weighted by Gasteiger charge is 2.71. The highest BCUT2D eigenvalue weighted by Crippen LogP contribution is 2.69. The van der Waals surface area contributed by atoms with Gasteiger partial charge in [-0.25, -0.2) is 4.79 Å². The van der Waals surface area contributed by atoms with Crippen LogP contribution in [-0.2, 0) is 33.5 Å². The van der Waals surface area contributed by atoms with E-state index in [4.69, 9.17) is 15.6 Å². The van der Waals surface area contributed by atoms with Crippen LogP contribution in [0, 0.1) is 40.4 Å². The van der Waals surface area contributed by atoms with Gasteiger partial charge in [0.25, 0.3) is 0 Å². The zero-order valence-electron chi connectivity index (χ0n) is 31.3. The third kappa shape index (κ3) is 7.36. The Morgan fingerprint density at radius 1 is 1.11 bits per heavy atom. The van der Waals surface area contributed by atoms with Crippen molar-refractivity contribution in [3.63, 3.8) is 0 Å². The fraction of sp³-hybridized carbons (Fsp3) is 0.737.